The van der Waals surface area contributed by atoms with Gasteiger partial charge < -0.3 is 15.2 Å². The van der Waals surface area contributed by atoms with E-state index in [4.69, 9.17) is 9.84 Å². The Morgan fingerprint density at radius 1 is 1.67 bits per heavy atom. The third-order valence-electron chi connectivity index (χ3n) is 1.78. The first-order valence-electron chi connectivity index (χ1n) is 4.64. The van der Waals surface area contributed by atoms with Crippen molar-refractivity contribution in [1.29, 1.82) is 0 Å². The van der Waals surface area contributed by atoms with E-state index in [-0.39, 0.29) is 0 Å². The molecule has 2 N–H and O–H groups in total. The van der Waals surface area contributed by atoms with Crippen LogP contribution in [0.3, 0.4) is 0 Å². The summed E-state index contributed by atoms with van der Waals surface area (Å²) in [7, 11) is 1.63. The number of hydrogen-bond acceptors (Lipinski definition) is 4. The zero-order valence-electron chi connectivity index (χ0n) is 8.93. The van der Waals surface area contributed by atoms with Crippen molar-refractivity contribution >= 4 is 24.1 Å². The van der Waals surface area contributed by atoms with Crippen LogP contribution in [-0.2, 0) is 14.3 Å². The zero-order valence-corrected chi connectivity index (χ0v) is 9.75. The van der Waals surface area contributed by atoms with Gasteiger partial charge in [-0.15, -0.1) is 0 Å². The van der Waals surface area contributed by atoms with Gasteiger partial charge in [0.15, 0.2) is 0 Å². The van der Waals surface area contributed by atoms with Crippen molar-refractivity contribution in [2.45, 2.75) is 24.6 Å². The first-order valence-corrected chi connectivity index (χ1v) is 5.69. The Bertz CT molecular complexity index is 201. The van der Waals surface area contributed by atoms with Gasteiger partial charge >= 0.3 is 5.97 Å². The van der Waals surface area contributed by atoms with E-state index >= 15 is 0 Å². The van der Waals surface area contributed by atoms with Crippen LogP contribution in [0.2, 0.25) is 0 Å². The Hall–Kier alpha value is -0.750. The maximum Gasteiger partial charge on any atom is 0.326 e. The lowest BCUT2D eigenvalue weighted by Gasteiger charge is -2.13. The highest BCUT2D eigenvalue weighted by molar-refractivity contribution is 7.99. The number of methoxy groups -OCH3 is 1. The molecular weight excluding hydrogens is 218 g/mol. The fraction of sp³-hybridized carbons (Fsp3) is 0.778. The topological polar surface area (TPSA) is 75.6 Å². The van der Waals surface area contributed by atoms with Crippen LogP contribution in [0.5, 0.6) is 0 Å². The molecule has 0 saturated heterocycles. The van der Waals surface area contributed by atoms with Crippen LogP contribution in [0.4, 0.5) is 0 Å². The van der Waals surface area contributed by atoms with Crippen molar-refractivity contribution in [2.75, 3.05) is 19.5 Å². The van der Waals surface area contributed by atoms with E-state index in [1.807, 2.05) is 6.92 Å². The second kappa shape index (κ2) is 8.55. The van der Waals surface area contributed by atoms with Crippen LogP contribution in [0.25, 0.3) is 0 Å². The molecule has 6 heteroatoms. The van der Waals surface area contributed by atoms with E-state index in [9.17, 15) is 9.59 Å². The first kappa shape index (κ1) is 14.2. The van der Waals surface area contributed by atoms with Crippen molar-refractivity contribution in [3.63, 3.8) is 0 Å². The normalized spacial score (nSPS) is 14.3. The van der Waals surface area contributed by atoms with Crippen LogP contribution in [-0.4, -0.2) is 48.2 Å². The fourth-order valence-electron chi connectivity index (χ4n) is 1.03. The fourth-order valence-corrected chi connectivity index (χ4v) is 2.04. The Morgan fingerprint density at radius 3 is 2.80 bits per heavy atom. The number of carboxylic acid groups (broad SMARTS) is 1. The highest BCUT2D eigenvalue weighted by Gasteiger charge is 2.16. The van der Waals surface area contributed by atoms with Gasteiger partial charge in [0, 0.05) is 12.4 Å². The summed E-state index contributed by atoms with van der Waals surface area (Å²) in [6.07, 6.45) is 0.842. The molecule has 0 fully saturated rings. The Kier molecular flexibility index (Phi) is 8.12. The lowest BCUT2D eigenvalue weighted by Crippen LogP contribution is -2.36. The molecule has 0 aromatic heterocycles. The van der Waals surface area contributed by atoms with Crippen LogP contribution in [0.15, 0.2) is 0 Å². The monoisotopic (exact) mass is 235 g/mol. The number of nitrogens with one attached hydrogen (secondary N) is 1. The van der Waals surface area contributed by atoms with Crippen LogP contribution >= 0.6 is 11.8 Å². The summed E-state index contributed by atoms with van der Waals surface area (Å²) in [5.74, 6) is -0.315. The van der Waals surface area contributed by atoms with Crippen molar-refractivity contribution in [3.05, 3.63) is 0 Å². The van der Waals surface area contributed by atoms with Crippen molar-refractivity contribution in [3.8, 4) is 0 Å². The molecule has 88 valence electrons. The molecule has 0 bridgehead atoms. The summed E-state index contributed by atoms with van der Waals surface area (Å²) in [6, 6.07) is -0.787. The lowest BCUT2D eigenvalue weighted by atomic mass is 10.2. The number of rotatable bonds is 9. The minimum Gasteiger partial charge on any atom is -0.480 e. The van der Waals surface area contributed by atoms with Crippen LogP contribution in [0.1, 0.15) is 13.3 Å². The van der Waals surface area contributed by atoms with Gasteiger partial charge in [0.25, 0.3) is 0 Å². The molecule has 2 atom stereocenters. The molecule has 15 heavy (non-hydrogen) atoms. The second-order valence-electron chi connectivity index (χ2n) is 3.10. The molecular formula is C9H17NO4S. The quantitative estimate of drug-likeness (QED) is 0.564. The summed E-state index contributed by atoms with van der Waals surface area (Å²) in [5, 5.41) is 11.3. The summed E-state index contributed by atoms with van der Waals surface area (Å²) in [6.45, 7) is 2.65. The highest BCUT2D eigenvalue weighted by Crippen LogP contribution is 2.12. The van der Waals surface area contributed by atoms with E-state index in [1.165, 1.54) is 0 Å². The van der Waals surface area contributed by atoms with Gasteiger partial charge in [-0.1, -0.05) is 6.92 Å². The second-order valence-corrected chi connectivity index (χ2v) is 4.65. The molecule has 0 saturated carbocycles. The number of carbonyl (C=O) groups excluding carboxylic acids is 1. The molecule has 0 aromatic carbocycles. The Labute approximate surface area is 93.6 Å². The van der Waals surface area contributed by atoms with E-state index in [0.717, 1.165) is 0 Å². The average molecular weight is 235 g/mol. The molecule has 0 radical (unpaired) electrons. The standard InChI is InChI=1S/C9H17NO4S/c1-7(5-14-2)15-4-3-8(9(12)13)10-6-11/h6-8H,3-5H2,1-2H3,(H,10,11)(H,12,13). The number of aliphatic carboxylic acids is 1. The van der Waals surface area contributed by atoms with E-state index in [0.29, 0.717) is 30.4 Å². The highest BCUT2D eigenvalue weighted by atomic mass is 32.2. The van der Waals surface area contributed by atoms with Gasteiger partial charge in [-0.05, 0) is 12.2 Å². The van der Waals surface area contributed by atoms with Gasteiger partial charge in [0.2, 0.25) is 6.41 Å². The summed E-state index contributed by atoms with van der Waals surface area (Å²) < 4.78 is 4.95. The lowest BCUT2D eigenvalue weighted by molar-refractivity contribution is -0.140. The van der Waals surface area contributed by atoms with Crippen LogP contribution in [0, 0.1) is 0 Å². The minimum absolute atomic E-state index is 0.334. The van der Waals surface area contributed by atoms with Gasteiger partial charge in [-0.3, -0.25) is 4.79 Å². The molecule has 1 amide bonds. The Morgan fingerprint density at radius 2 is 2.33 bits per heavy atom. The molecule has 0 rings (SSSR count). The summed E-state index contributed by atoms with van der Waals surface area (Å²) in [5.41, 5.74) is 0. The molecule has 0 spiro atoms. The number of ether oxygens (including phenoxy) is 1. The average Bonchev–Trinajstić information content (AvgIpc) is 2.16. The molecule has 5 nitrogen and oxygen atoms in total. The van der Waals surface area contributed by atoms with E-state index in [1.54, 1.807) is 18.9 Å². The van der Waals surface area contributed by atoms with Gasteiger partial charge in [0.1, 0.15) is 6.04 Å². The molecule has 0 aliphatic carbocycles. The van der Waals surface area contributed by atoms with Crippen molar-refractivity contribution in [1.82, 2.24) is 5.32 Å². The van der Waals surface area contributed by atoms with Gasteiger partial charge in [-0.2, -0.15) is 11.8 Å². The number of thioether (sulfide) groups is 1. The van der Waals surface area contributed by atoms with Crippen molar-refractivity contribution in [2.24, 2.45) is 0 Å². The van der Waals surface area contributed by atoms with E-state index in [2.05, 4.69) is 5.32 Å². The van der Waals surface area contributed by atoms with E-state index < -0.39 is 12.0 Å². The number of carboxylic acids is 1. The predicted octanol–water partition coefficient (Wildman–Crippen LogP) is 0.344. The van der Waals surface area contributed by atoms with Gasteiger partial charge in [0.05, 0.1) is 6.61 Å². The van der Waals surface area contributed by atoms with Gasteiger partial charge in [-0.25, -0.2) is 4.79 Å². The molecule has 0 heterocycles. The SMILES string of the molecule is COCC(C)SCCC(NC=O)C(=O)O. The summed E-state index contributed by atoms with van der Waals surface area (Å²) >= 11 is 1.63. The molecule has 0 aliphatic heterocycles. The molecule has 0 aromatic rings. The minimum atomic E-state index is -0.998. The molecule has 2 unspecified atom stereocenters. The Balaban J connectivity index is 3.70. The number of amides is 1. The maximum atomic E-state index is 10.6. The van der Waals surface area contributed by atoms with Crippen LogP contribution < -0.4 is 5.32 Å². The maximum absolute atomic E-state index is 10.6. The predicted molar refractivity (Wildman–Crippen MR) is 59.0 cm³/mol. The number of hydrogen-bond donors (Lipinski definition) is 2. The zero-order chi connectivity index (χ0) is 11.7. The molecule has 0 aliphatic rings. The largest absolute Gasteiger partial charge is 0.480 e. The smallest absolute Gasteiger partial charge is 0.326 e. The first-order chi connectivity index (χ1) is 7.11. The number of carbonyl (C=O) groups is 2. The third-order valence-corrected chi connectivity index (χ3v) is 2.95. The van der Waals surface area contributed by atoms with Crippen molar-refractivity contribution < 1.29 is 19.4 Å². The summed E-state index contributed by atoms with van der Waals surface area (Å²) in [4.78, 5) is 20.8. The third kappa shape index (κ3) is 7.21.